The Labute approximate surface area is 196 Å². The van der Waals surface area contributed by atoms with Crippen molar-refractivity contribution in [3.05, 3.63) is 62.9 Å². The van der Waals surface area contributed by atoms with Crippen LogP contribution in [0.2, 0.25) is 0 Å². The van der Waals surface area contributed by atoms with Crippen molar-refractivity contribution in [1.29, 1.82) is 0 Å². The Kier molecular flexibility index (Phi) is 7.33. The molecule has 3 rings (SSSR count). The molecule has 3 N–H and O–H groups in total. The number of aromatic amines is 1. The topological polar surface area (TPSA) is 117 Å². The zero-order chi connectivity index (χ0) is 24.3. The van der Waals surface area contributed by atoms with Crippen LogP contribution in [-0.2, 0) is 9.59 Å². The molecule has 0 aliphatic carbocycles. The summed E-state index contributed by atoms with van der Waals surface area (Å²) in [6, 6.07) is 9.41. The van der Waals surface area contributed by atoms with E-state index in [0.29, 0.717) is 16.9 Å². The van der Waals surface area contributed by atoms with Gasteiger partial charge in [0.2, 0.25) is 11.8 Å². The quantitative estimate of drug-likeness (QED) is 0.471. The van der Waals surface area contributed by atoms with Gasteiger partial charge in [-0.1, -0.05) is 29.5 Å². The minimum absolute atomic E-state index is 0.0992. The van der Waals surface area contributed by atoms with E-state index in [-0.39, 0.29) is 22.7 Å². The molecule has 0 saturated carbocycles. The van der Waals surface area contributed by atoms with Crippen molar-refractivity contribution < 1.29 is 9.59 Å². The van der Waals surface area contributed by atoms with Crippen LogP contribution in [0.25, 0.3) is 11.3 Å². The number of carbonyl (C=O) groups is 2. The number of H-pyrrole nitrogens is 1. The van der Waals surface area contributed by atoms with Crippen LogP contribution in [0, 0.1) is 27.7 Å². The Morgan fingerprint density at radius 2 is 1.70 bits per heavy atom. The third-order valence-corrected chi connectivity index (χ3v) is 6.12. The molecule has 0 bridgehead atoms. The predicted molar refractivity (Wildman–Crippen MR) is 132 cm³/mol. The molecule has 2 aromatic carbocycles. The molecule has 8 nitrogen and oxygen atoms in total. The van der Waals surface area contributed by atoms with Gasteiger partial charge in [0.25, 0.3) is 5.56 Å². The Morgan fingerprint density at radius 1 is 0.970 bits per heavy atom. The summed E-state index contributed by atoms with van der Waals surface area (Å²) in [5.41, 5.74) is 5.35. The van der Waals surface area contributed by atoms with Crippen molar-refractivity contribution >= 4 is 35.0 Å². The van der Waals surface area contributed by atoms with Crippen LogP contribution in [0.4, 0.5) is 11.4 Å². The molecule has 2 amide bonds. The van der Waals surface area contributed by atoms with Gasteiger partial charge in [0.1, 0.15) is 0 Å². The van der Waals surface area contributed by atoms with E-state index in [9.17, 15) is 14.4 Å². The summed E-state index contributed by atoms with van der Waals surface area (Å²) >= 11 is 1.11. The van der Waals surface area contributed by atoms with Crippen LogP contribution in [0.3, 0.4) is 0 Å². The molecule has 9 heteroatoms. The van der Waals surface area contributed by atoms with Gasteiger partial charge in [0.15, 0.2) is 10.9 Å². The number of hydrogen-bond acceptors (Lipinski definition) is 6. The van der Waals surface area contributed by atoms with Crippen molar-refractivity contribution in [3.63, 3.8) is 0 Å². The smallest absolute Gasteiger partial charge is 0.278 e. The number of hydrogen-bond donors (Lipinski definition) is 3. The lowest BCUT2D eigenvalue weighted by Gasteiger charge is -2.14. The first-order chi connectivity index (χ1) is 15.5. The number of thioether (sulfide) groups is 1. The molecule has 0 unspecified atom stereocenters. The van der Waals surface area contributed by atoms with Gasteiger partial charge < -0.3 is 10.6 Å². The normalized spacial score (nSPS) is 11.7. The van der Waals surface area contributed by atoms with Crippen LogP contribution in [0.15, 0.2) is 40.3 Å². The first-order valence-electron chi connectivity index (χ1n) is 10.5. The molecule has 0 saturated heterocycles. The van der Waals surface area contributed by atoms with Gasteiger partial charge in [-0.3, -0.25) is 19.4 Å². The number of amides is 2. The monoisotopic (exact) mass is 465 g/mol. The average Bonchev–Trinajstić information content (AvgIpc) is 2.72. The molecule has 1 heterocycles. The SMILES string of the molecule is CC(=O)Nc1c(C)cc(C)cc1-c1nnc(S[C@@H](C)C(=O)Nc2ccc(C)c(C)c2)[nH]c1=O. The summed E-state index contributed by atoms with van der Waals surface area (Å²) in [5, 5.41) is 13.6. The fourth-order valence-electron chi connectivity index (χ4n) is 3.33. The standard InChI is InChI=1S/C24H27N5O3S/c1-12-9-15(4)20(25-17(6)30)19(10-12)21-23(32)27-24(29-28-21)33-16(5)22(31)26-18-8-7-13(2)14(3)11-18/h7-11,16H,1-6H3,(H,25,30)(H,26,31)(H,27,29,32)/t16-/m0/s1. The van der Waals surface area contributed by atoms with Crippen molar-refractivity contribution in [2.24, 2.45) is 0 Å². The van der Waals surface area contributed by atoms with Crippen molar-refractivity contribution in [1.82, 2.24) is 15.2 Å². The average molecular weight is 466 g/mol. The van der Waals surface area contributed by atoms with Gasteiger partial charge in [-0.25, -0.2) is 0 Å². The highest BCUT2D eigenvalue weighted by Crippen LogP contribution is 2.30. The van der Waals surface area contributed by atoms with Crippen molar-refractivity contribution in [2.45, 2.75) is 51.9 Å². The zero-order valence-corrected chi connectivity index (χ0v) is 20.3. The first kappa shape index (κ1) is 24.2. The number of nitrogens with zero attached hydrogens (tertiary/aromatic N) is 2. The zero-order valence-electron chi connectivity index (χ0n) is 19.5. The second kappa shape index (κ2) is 9.99. The number of anilines is 2. The molecular weight excluding hydrogens is 438 g/mol. The van der Waals surface area contributed by atoms with Crippen LogP contribution in [0.1, 0.15) is 36.1 Å². The van der Waals surface area contributed by atoms with Gasteiger partial charge >= 0.3 is 0 Å². The fourth-order valence-corrected chi connectivity index (χ4v) is 4.07. The van der Waals surface area contributed by atoms with Gasteiger partial charge in [0, 0.05) is 18.2 Å². The van der Waals surface area contributed by atoms with Gasteiger partial charge in [-0.2, -0.15) is 0 Å². The molecule has 0 aliphatic rings. The molecule has 172 valence electrons. The Morgan fingerprint density at radius 3 is 2.33 bits per heavy atom. The van der Waals surface area contributed by atoms with E-state index in [0.717, 1.165) is 34.0 Å². The summed E-state index contributed by atoms with van der Waals surface area (Å²) in [5.74, 6) is -0.458. The molecular formula is C24H27N5O3S. The number of rotatable bonds is 6. The minimum Gasteiger partial charge on any atom is -0.325 e. The van der Waals surface area contributed by atoms with Crippen molar-refractivity contribution in [2.75, 3.05) is 10.6 Å². The minimum atomic E-state index is -0.515. The lowest BCUT2D eigenvalue weighted by Crippen LogP contribution is -2.24. The molecule has 0 fully saturated rings. The number of aromatic nitrogens is 3. The summed E-state index contributed by atoms with van der Waals surface area (Å²) in [4.78, 5) is 39.8. The fraction of sp³-hybridized carbons (Fsp3) is 0.292. The lowest BCUT2D eigenvalue weighted by atomic mass is 10.0. The molecule has 1 aromatic heterocycles. The maximum atomic E-state index is 12.8. The van der Waals surface area contributed by atoms with E-state index in [4.69, 9.17) is 0 Å². The molecule has 0 radical (unpaired) electrons. The number of carbonyl (C=O) groups excluding carboxylic acids is 2. The van der Waals surface area contributed by atoms with Crippen LogP contribution >= 0.6 is 11.8 Å². The Hall–Kier alpha value is -3.46. The Bertz CT molecular complexity index is 1290. The highest BCUT2D eigenvalue weighted by Gasteiger charge is 2.19. The Balaban J connectivity index is 1.81. The van der Waals surface area contributed by atoms with Crippen LogP contribution in [0.5, 0.6) is 0 Å². The van der Waals surface area contributed by atoms with E-state index in [1.165, 1.54) is 6.92 Å². The summed E-state index contributed by atoms with van der Waals surface area (Å²) < 4.78 is 0. The third kappa shape index (κ3) is 5.87. The van der Waals surface area contributed by atoms with E-state index in [2.05, 4.69) is 25.8 Å². The third-order valence-electron chi connectivity index (χ3n) is 5.14. The number of aryl methyl sites for hydroxylation is 4. The number of benzene rings is 2. The summed E-state index contributed by atoms with van der Waals surface area (Å²) in [6.07, 6.45) is 0. The maximum absolute atomic E-state index is 12.8. The second-order valence-electron chi connectivity index (χ2n) is 8.04. The lowest BCUT2D eigenvalue weighted by molar-refractivity contribution is -0.115. The molecule has 33 heavy (non-hydrogen) atoms. The maximum Gasteiger partial charge on any atom is 0.278 e. The molecule has 0 spiro atoms. The molecule has 3 aromatic rings. The van der Waals surface area contributed by atoms with Crippen LogP contribution < -0.4 is 16.2 Å². The first-order valence-corrected chi connectivity index (χ1v) is 11.3. The van der Waals surface area contributed by atoms with E-state index >= 15 is 0 Å². The van der Waals surface area contributed by atoms with E-state index < -0.39 is 10.8 Å². The van der Waals surface area contributed by atoms with E-state index in [1.54, 1.807) is 13.0 Å². The predicted octanol–water partition coefficient (Wildman–Crippen LogP) is 4.14. The second-order valence-corrected chi connectivity index (χ2v) is 9.37. The van der Waals surface area contributed by atoms with Gasteiger partial charge in [-0.15, -0.1) is 10.2 Å². The summed E-state index contributed by atoms with van der Waals surface area (Å²) in [6.45, 7) is 10.9. The van der Waals surface area contributed by atoms with Gasteiger partial charge in [-0.05, 0) is 69.5 Å². The molecule has 0 aliphatic heterocycles. The number of nitrogens with one attached hydrogen (secondary N) is 3. The van der Waals surface area contributed by atoms with Crippen LogP contribution in [-0.4, -0.2) is 32.2 Å². The molecule has 1 atom stereocenters. The highest BCUT2D eigenvalue weighted by molar-refractivity contribution is 8.00. The van der Waals surface area contributed by atoms with E-state index in [1.807, 2.05) is 52.0 Å². The largest absolute Gasteiger partial charge is 0.325 e. The van der Waals surface area contributed by atoms with Crippen molar-refractivity contribution in [3.8, 4) is 11.3 Å². The van der Waals surface area contributed by atoms with Gasteiger partial charge in [0.05, 0.1) is 10.9 Å². The highest BCUT2D eigenvalue weighted by atomic mass is 32.2. The summed E-state index contributed by atoms with van der Waals surface area (Å²) in [7, 11) is 0.